The van der Waals surface area contributed by atoms with Gasteiger partial charge in [0.05, 0.1) is 12.2 Å². The highest BCUT2D eigenvalue weighted by Gasteiger charge is 2.54. The molecule has 0 aromatic carbocycles. The second kappa shape index (κ2) is 25.6. The molecule has 0 aromatic rings. The third-order valence-corrected chi connectivity index (χ3v) is 8.74. The van der Waals surface area contributed by atoms with Gasteiger partial charge in [-0.25, -0.2) is 9.59 Å². The second-order valence-electron chi connectivity index (χ2n) is 12.3. The summed E-state index contributed by atoms with van der Waals surface area (Å²) in [4.78, 5) is 37.5. The molecule has 0 rings (SSSR count). The molecule has 0 spiro atoms. The van der Waals surface area contributed by atoms with Crippen molar-refractivity contribution in [3.05, 3.63) is 12.3 Å². The van der Waals surface area contributed by atoms with E-state index in [-0.39, 0.29) is 19.3 Å². The fourth-order valence-electron chi connectivity index (χ4n) is 6.45. The van der Waals surface area contributed by atoms with Crippen molar-refractivity contribution in [2.24, 2.45) is 0 Å². The number of carboxylic acid groups (broad SMARTS) is 3. The van der Waals surface area contributed by atoms with Crippen molar-refractivity contribution < 1.29 is 34.2 Å². The van der Waals surface area contributed by atoms with E-state index in [2.05, 4.69) is 6.92 Å². The number of quaternary nitrogens is 1. The monoisotopic (exact) mass is 595 g/mol. The average molecular weight is 596 g/mol. The van der Waals surface area contributed by atoms with Gasteiger partial charge in [-0.2, -0.15) is 0 Å². The first-order chi connectivity index (χ1) is 20.2. The van der Waals surface area contributed by atoms with Crippen LogP contribution in [0.15, 0.2) is 12.3 Å². The lowest BCUT2D eigenvalue weighted by molar-refractivity contribution is -0.930. The fourth-order valence-corrected chi connectivity index (χ4v) is 6.45. The standard InChI is InChI=1S/C35H65NO6/c1-5-9-10-11-12-13-14-15-16-17-18-19-20-21-22-23-24-25-29-36(30(26-6-2)33(37)38,31(27-7-3)34(39)40)32(28-8-4)35(41)42/h25,29-32H,5-24,26-28H2,1-4H3,(H2-,37,38,39,40,41,42)/b29-25+. The molecule has 3 unspecified atom stereocenters. The Hall–Kier alpha value is -1.89. The molecule has 0 radical (unpaired) electrons. The van der Waals surface area contributed by atoms with Gasteiger partial charge in [0.25, 0.3) is 0 Å². The summed E-state index contributed by atoms with van der Waals surface area (Å²) in [6.07, 6.45) is 26.7. The van der Waals surface area contributed by atoms with Crippen LogP contribution >= 0.6 is 0 Å². The minimum Gasteiger partial charge on any atom is -0.544 e. The van der Waals surface area contributed by atoms with Gasteiger partial charge in [0.1, 0.15) is 6.04 Å². The van der Waals surface area contributed by atoms with E-state index in [9.17, 15) is 29.7 Å². The van der Waals surface area contributed by atoms with Crippen molar-refractivity contribution >= 4 is 17.9 Å². The summed E-state index contributed by atoms with van der Waals surface area (Å²) in [5.41, 5.74) is 0. The van der Waals surface area contributed by atoms with Gasteiger partial charge in [0, 0.05) is 19.3 Å². The summed E-state index contributed by atoms with van der Waals surface area (Å²) in [6, 6.07) is -3.57. The van der Waals surface area contributed by atoms with Crippen LogP contribution in [0.25, 0.3) is 0 Å². The van der Waals surface area contributed by atoms with Crippen LogP contribution in [0.3, 0.4) is 0 Å². The number of hydrogen-bond acceptors (Lipinski definition) is 4. The van der Waals surface area contributed by atoms with Crippen molar-refractivity contribution in [2.75, 3.05) is 0 Å². The van der Waals surface area contributed by atoms with E-state index >= 15 is 0 Å². The van der Waals surface area contributed by atoms with Crippen LogP contribution in [-0.4, -0.2) is 50.7 Å². The molecule has 246 valence electrons. The molecule has 3 atom stereocenters. The van der Waals surface area contributed by atoms with Crippen LogP contribution in [0.5, 0.6) is 0 Å². The molecule has 0 aliphatic heterocycles. The Morgan fingerprint density at radius 2 is 0.881 bits per heavy atom. The summed E-state index contributed by atoms with van der Waals surface area (Å²) in [6.45, 7) is 7.77. The van der Waals surface area contributed by atoms with Crippen LogP contribution < -0.4 is 5.11 Å². The molecule has 7 heteroatoms. The molecule has 0 aliphatic carbocycles. The number of nitrogens with zero attached hydrogens (tertiary/aromatic N) is 1. The molecule has 0 bridgehead atoms. The Bertz CT molecular complexity index is 677. The Kier molecular flexibility index (Phi) is 24.4. The van der Waals surface area contributed by atoms with Crippen LogP contribution in [0.4, 0.5) is 0 Å². The number of unbranched alkanes of at least 4 members (excludes halogenated alkanes) is 16. The minimum absolute atomic E-state index is 0.159. The van der Waals surface area contributed by atoms with Gasteiger partial charge in [-0.3, -0.25) is 4.48 Å². The Labute approximate surface area is 257 Å². The second-order valence-corrected chi connectivity index (χ2v) is 12.3. The van der Waals surface area contributed by atoms with Gasteiger partial charge in [-0.1, -0.05) is 130 Å². The number of rotatable bonds is 30. The lowest BCUT2D eigenvalue weighted by Crippen LogP contribution is -2.71. The molecule has 0 heterocycles. The summed E-state index contributed by atoms with van der Waals surface area (Å²) in [7, 11) is 0. The maximum atomic E-state index is 12.5. The van der Waals surface area contributed by atoms with E-state index in [4.69, 9.17) is 0 Å². The van der Waals surface area contributed by atoms with Gasteiger partial charge < -0.3 is 20.1 Å². The normalized spacial score (nSPS) is 15.3. The minimum atomic E-state index is -1.38. The number of carboxylic acids is 3. The van der Waals surface area contributed by atoms with Crippen LogP contribution in [0.1, 0.15) is 175 Å². The van der Waals surface area contributed by atoms with E-state index in [1.807, 2.05) is 26.8 Å². The van der Waals surface area contributed by atoms with Crippen molar-refractivity contribution in [2.45, 2.75) is 193 Å². The summed E-state index contributed by atoms with van der Waals surface area (Å²) < 4.78 is -0.610. The highest BCUT2D eigenvalue weighted by molar-refractivity contribution is 5.77. The molecule has 0 saturated heterocycles. The van der Waals surface area contributed by atoms with Crippen molar-refractivity contribution in [1.82, 2.24) is 0 Å². The molecule has 0 amide bonds. The zero-order valence-electron chi connectivity index (χ0n) is 27.6. The SMILES string of the molecule is CCCCCCCCCCCCCCCCCC/C=C/[N+](C(CCC)C(=O)[O-])(C(CCC)C(=O)O)C(CCC)C(=O)O. The largest absolute Gasteiger partial charge is 0.544 e. The number of carbonyl (C=O) groups excluding carboxylic acids is 1. The van der Waals surface area contributed by atoms with Gasteiger partial charge in [0.2, 0.25) is 0 Å². The molecule has 7 nitrogen and oxygen atoms in total. The van der Waals surface area contributed by atoms with Crippen LogP contribution in [-0.2, 0) is 14.4 Å². The van der Waals surface area contributed by atoms with Gasteiger partial charge >= 0.3 is 11.9 Å². The molecule has 0 aliphatic rings. The average Bonchev–Trinajstić information content (AvgIpc) is 2.95. The van der Waals surface area contributed by atoms with Crippen molar-refractivity contribution in [3.8, 4) is 0 Å². The number of hydrogen-bond donors (Lipinski definition) is 2. The van der Waals surface area contributed by atoms with E-state index in [1.54, 1.807) is 6.20 Å². The van der Waals surface area contributed by atoms with E-state index in [0.29, 0.717) is 25.7 Å². The van der Waals surface area contributed by atoms with E-state index in [1.165, 1.54) is 83.5 Å². The topological polar surface area (TPSA) is 115 Å². The summed E-state index contributed by atoms with van der Waals surface area (Å²) in [5, 5.41) is 32.9. The number of aliphatic carboxylic acids is 3. The molecule has 0 fully saturated rings. The number of allylic oxidation sites excluding steroid dienone is 1. The van der Waals surface area contributed by atoms with Crippen molar-refractivity contribution in [1.29, 1.82) is 0 Å². The quantitative estimate of drug-likeness (QED) is 0.0636. The van der Waals surface area contributed by atoms with E-state index < -0.39 is 40.5 Å². The number of carbonyl (C=O) groups is 3. The predicted molar refractivity (Wildman–Crippen MR) is 170 cm³/mol. The zero-order valence-corrected chi connectivity index (χ0v) is 27.6. The highest BCUT2D eigenvalue weighted by Crippen LogP contribution is 2.34. The maximum Gasteiger partial charge on any atom is 0.363 e. The van der Waals surface area contributed by atoms with Gasteiger partial charge in [-0.05, 0) is 31.8 Å². The highest BCUT2D eigenvalue weighted by atomic mass is 16.4. The fraction of sp³-hybridized carbons (Fsp3) is 0.857. The molecule has 2 N–H and O–H groups in total. The first kappa shape index (κ1) is 40.1. The van der Waals surface area contributed by atoms with Crippen LogP contribution in [0.2, 0.25) is 0 Å². The molecule has 0 saturated carbocycles. The summed E-state index contributed by atoms with van der Waals surface area (Å²) >= 11 is 0. The third-order valence-electron chi connectivity index (χ3n) is 8.74. The maximum absolute atomic E-state index is 12.5. The molecule has 42 heavy (non-hydrogen) atoms. The lowest BCUT2D eigenvalue weighted by Gasteiger charge is -2.49. The first-order valence-corrected chi connectivity index (χ1v) is 17.5. The smallest absolute Gasteiger partial charge is 0.363 e. The first-order valence-electron chi connectivity index (χ1n) is 17.5. The molecular weight excluding hydrogens is 530 g/mol. The van der Waals surface area contributed by atoms with Gasteiger partial charge in [0.15, 0.2) is 12.1 Å². The third kappa shape index (κ3) is 15.5. The molecular formula is C35H65NO6. The Morgan fingerprint density at radius 3 is 1.19 bits per heavy atom. The lowest BCUT2D eigenvalue weighted by atomic mass is 9.93. The summed E-state index contributed by atoms with van der Waals surface area (Å²) in [5.74, 6) is -3.70. The Balaban J connectivity index is 5.00. The predicted octanol–water partition coefficient (Wildman–Crippen LogP) is 8.39. The Morgan fingerprint density at radius 1 is 0.548 bits per heavy atom. The van der Waals surface area contributed by atoms with Crippen LogP contribution in [0, 0.1) is 0 Å². The van der Waals surface area contributed by atoms with Crippen molar-refractivity contribution in [3.63, 3.8) is 0 Å². The van der Waals surface area contributed by atoms with Gasteiger partial charge in [-0.15, -0.1) is 0 Å². The van der Waals surface area contributed by atoms with E-state index in [0.717, 1.165) is 19.3 Å². The molecule has 0 aromatic heterocycles. The zero-order chi connectivity index (χ0) is 31.6.